The van der Waals surface area contributed by atoms with E-state index in [0.29, 0.717) is 24.2 Å². The predicted octanol–water partition coefficient (Wildman–Crippen LogP) is 2.08. The minimum absolute atomic E-state index is 0.0195. The van der Waals surface area contributed by atoms with Crippen LogP contribution in [0.2, 0.25) is 0 Å². The molecule has 0 bridgehead atoms. The molecule has 0 unspecified atom stereocenters. The number of carbonyl (C=O) groups excluding carboxylic acids is 1. The number of hydrogen-bond acceptors (Lipinski definition) is 3. The molecule has 1 aromatic heterocycles. The molecule has 128 valence electrons. The number of nitrogens with one attached hydrogen (secondary N) is 1. The van der Waals surface area contributed by atoms with Crippen molar-refractivity contribution in [2.24, 2.45) is 7.05 Å². The molecule has 1 N–H and O–H groups in total. The van der Waals surface area contributed by atoms with Gasteiger partial charge in [0.1, 0.15) is 11.9 Å². The fourth-order valence-corrected chi connectivity index (χ4v) is 3.11. The average Bonchev–Trinajstić information content (AvgIpc) is 2.84. The summed E-state index contributed by atoms with van der Waals surface area (Å²) in [6.45, 7) is 3.15. The SMILES string of the molecule is Cc1cccc(OC2CN(C(=O)c3ccc4c(c3)[nH]c(=O)n4C)C2)c1. The lowest BCUT2D eigenvalue weighted by Crippen LogP contribution is -2.56. The van der Waals surface area contributed by atoms with Crippen LogP contribution >= 0.6 is 0 Å². The van der Waals surface area contributed by atoms with Crippen LogP contribution in [0.1, 0.15) is 15.9 Å². The van der Waals surface area contributed by atoms with Crippen molar-refractivity contribution in [3.05, 3.63) is 64.1 Å². The van der Waals surface area contributed by atoms with Gasteiger partial charge in [-0.15, -0.1) is 0 Å². The molecule has 6 heteroatoms. The van der Waals surface area contributed by atoms with Crippen molar-refractivity contribution in [3.63, 3.8) is 0 Å². The summed E-state index contributed by atoms with van der Waals surface area (Å²) in [5.41, 5.74) is 2.99. The van der Waals surface area contributed by atoms with E-state index >= 15 is 0 Å². The van der Waals surface area contributed by atoms with Crippen LogP contribution in [-0.4, -0.2) is 39.6 Å². The zero-order chi connectivity index (χ0) is 17.6. The largest absolute Gasteiger partial charge is 0.487 e. The smallest absolute Gasteiger partial charge is 0.326 e. The summed E-state index contributed by atoms with van der Waals surface area (Å²) in [6.07, 6.45) is 0.0195. The Bertz CT molecular complexity index is 1010. The Labute approximate surface area is 144 Å². The highest BCUT2D eigenvalue weighted by Gasteiger charge is 2.33. The molecule has 25 heavy (non-hydrogen) atoms. The number of aryl methyl sites for hydroxylation is 2. The van der Waals surface area contributed by atoms with Crippen molar-refractivity contribution >= 4 is 16.9 Å². The number of ether oxygens (including phenoxy) is 1. The molecule has 1 amide bonds. The molecule has 0 aliphatic carbocycles. The highest BCUT2D eigenvalue weighted by molar-refractivity contribution is 5.97. The first-order valence-corrected chi connectivity index (χ1v) is 8.22. The van der Waals surface area contributed by atoms with E-state index in [9.17, 15) is 9.59 Å². The van der Waals surface area contributed by atoms with Gasteiger partial charge in [0.25, 0.3) is 5.91 Å². The topological polar surface area (TPSA) is 67.3 Å². The summed E-state index contributed by atoms with van der Waals surface area (Å²) in [6, 6.07) is 13.2. The van der Waals surface area contributed by atoms with Gasteiger partial charge in [0.15, 0.2) is 0 Å². The van der Waals surface area contributed by atoms with E-state index in [4.69, 9.17) is 4.74 Å². The summed E-state index contributed by atoms with van der Waals surface area (Å²) in [4.78, 5) is 28.8. The first kappa shape index (κ1) is 15.5. The van der Waals surface area contributed by atoms with Gasteiger partial charge in [0.05, 0.1) is 24.1 Å². The monoisotopic (exact) mass is 337 g/mol. The molecule has 0 saturated carbocycles. The zero-order valence-electron chi connectivity index (χ0n) is 14.2. The number of benzene rings is 2. The van der Waals surface area contributed by atoms with Gasteiger partial charge in [-0.3, -0.25) is 9.36 Å². The maximum Gasteiger partial charge on any atom is 0.326 e. The highest BCUT2D eigenvalue weighted by Crippen LogP contribution is 2.21. The molecule has 4 rings (SSSR count). The Balaban J connectivity index is 1.44. The maximum absolute atomic E-state index is 12.6. The Kier molecular flexibility index (Phi) is 3.60. The van der Waals surface area contributed by atoms with Gasteiger partial charge in [-0.1, -0.05) is 12.1 Å². The van der Waals surface area contributed by atoms with Gasteiger partial charge in [-0.2, -0.15) is 0 Å². The lowest BCUT2D eigenvalue weighted by atomic mass is 10.1. The van der Waals surface area contributed by atoms with Crippen LogP contribution < -0.4 is 10.4 Å². The fraction of sp³-hybridized carbons (Fsp3) is 0.263. The van der Waals surface area contributed by atoms with Crippen molar-refractivity contribution in [1.29, 1.82) is 0 Å². The summed E-state index contributed by atoms with van der Waals surface area (Å²) in [5, 5.41) is 0. The number of nitrogens with zero attached hydrogens (tertiary/aromatic N) is 2. The third kappa shape index (κ3) is 2.80. The van der Waals surface area contributed by atoms with E-state index in [1.807, 2.05) is 31.2 Å². The van der Waals surface area contributed by atoms with Gasteiger partial charge in [-0.25, -0.2) is 4.79 Å². The van der Waals surface area contributed by atoms with Gasteiger partial charge in [0, 0.05) is 12.6 Å². The van der Waals surface area contributed by atoms with Gasteiger partial charge >= 0.3 is 5.69 Å². The van der Waals surface area contributed by atoms with Crippen molar-refractivity contribution in [2.75, 3.05) is 13.1 Å². The number of H-pyrrole nitrogens is 1. The number of amides is 1. The Morgan fingerprint density at radius 2 is 2.00 bits per heavy atom. The summed E-state index contributed by atoms with van der Waals surface area (Å²) >= 11 is 0. The second-order valence-corrected chi connectivity index (χ2v) is 6.49. The lowest BCUT2D eigenvalue weighted by Gasteiger charge is -2.39. The molecule has 0 spiro atoms. The molecule has 1 fully saturated rings. The average molecular weight is 337 g/mol. The quantitative estimate of drug-likeness (QED) is 0.796. The highest BCUT2D eigenvalue weighted by atomic mass is 16.5. The third-order valence-electron chi connectivity index (χ3n) is 4.58. The molecule has 1 aliphatic heterocycles. The summed E-state index contributed by atoms with van der Waals surface area (Å²) < 4.78 is 7.42. The van der Waals surface area contributed by atoms with E-state index in [0.717, 1.165) is 16.8 Å². The van der Waals surface area contributed by atoms with Crippen LogP contribution in [0.25, 0.3) is 11.0 Å². The van der Waals surface area contributed by atoms with Crippen LogP contribution in [0.3, 0.4) is 0 Å². The van der Waals surface area contributed by atoms with Crippen molar-refractivity contribution in [3.8, 4) is 5.75 Å². The van der Waals surface area contributed by atoms with Gasteiger partial charge in [0.2, 0.25) is 0 Å². The molecule has 1 saturated heterocycles. The number of hydrogen-bond donors (Lipinski definition) is 1. The van der Waals surface area contributed by atoms with E-state index in [-0.39, 0.29) is 17.7 Å². The van der Waals surface area contributed by atoms with Crippen molar-refractivity contribution in [1.82, 2.24) is 14.5 Å². The number of fused-ring (bicyclic) bond motifs is 1. The van der Waals surface area contributed by atoms with Gasteiger partial charge < -0.3 is 14.6 Å². The normalized spacial score (nSPS) is 14.6. The maximum atomic E-state index is 12.6. The molecule has 1 aliphatic rings. The summed E-state index contributed by atoms with van der Waals surface area (Å²) in [5.74, 6) is 0.788. The Hall–Kier alpha value is -3.02. The van der Waals surface area contributed by atoms with Crippen LogP contribution in [0.5, 0.6) is 5.75 Å². The molecule has 0 atom stereocenters. The Morgan fingerprint density at radius 3 is 2.76 bits per heavy atom. The minimum atomic E-state index is -0.185. The number of aromatic amines is 1. The Morgan fingerprint density at radius 1 is 1.20 bits per heavy atom. The first-order chi connectivity index (χ1) is 12.0. The second kappa shape index (κ2) is 5.81. The molecule has 6 nitrogen and oxygen atoms in total. The van der Waals surface area contributed by atoms with Crippen LogP contribution in [0.15, 0.2) is 47.3 Å². The molecule has 0 radical (unpaired) electrons. The van der Waals surface area contributed by atoms with E-state index in [1.165, 1.54) is 4.57 Å². The molecule has 2 heterocycles. The van der Waals surface area contributed by atoms with Crippen LogP contribution in [0, 0.1) is 6.92 Å². The number of likely N-dealkylation sites (tertiary alicyclic amines) is 1. The number of carbonyl (C=O) groups is 1. The van der Waals surface area contributed by atoms with Crippen molar-refractivity contribution in [2.45, 2.75) is 13.0 Å². The first-order valence-electron chi connectivity index (χ1n) is 8.22. The van der Waals surface area contributed by atoms with E-state index < -0.39 is 0 Å². The molecule has 2 aromatic carbocycles. The summed E-state index contributed by atoms with van der Waals surface area (Å²) in [7, 11) is 1.70. The van der Waals surface area contributed by atoms with Gasteiger partial charge in [-0.05, 0) is 42.8 Å². The van der Waals surface area contributed by atoms with Crippen LogP contribution in [0.4, 0.5) is 0 Å². The minimum Gasteiger partial charge on any atom is -0.487 e. The number of aromatic nitrogens is 2. The number of imidazole rings is 1. The second-order valence-electron chi connectivity index (χ2n) is 6.49. The third-order valence-corrected chi connectivity index (χ3v) is 4.58. The van der Waals surface area contributed by atoms with E-state index in [1.54, 1.807) is 30.1 Å². The molecule has 3 aromatic rings. The number of rotatable bonds is 3. The standard InChI is InChI=1S/C19H19N3O3/c1-12-4-3-5-14(8-12)25-15-10-22(11-15)18(23)13-6-7-17-16(9-13)20-19(24)21(17)2/h3-9,15H,10-11H2,1-2H3,(H,20,24). The fourth-order valence-electron chi connectivity index (χ4n) is 3.11. The molecular weight excluding hydrogens is 318 g/mol. The van der Waals surface area contributed by atoms with Crippen LogP contribution in [-0.2, 0) is 7.05 Å². The van der Waals surface area contributed by atoms with E-state index in [2.05, 4.69) is 4.98 Å². The van der Waals surface area contributed by atoms with Crippen molar-refractivity contribution < 1.29 is 9.53 Å². The molecular formula is C19H19N3O3. The lowest BCUT2D eigenvalue weighted by molar-refractivity contribution is 0.0178. The zero-order valence-corrected chi connectivity index (χ0v) is 14.2. The predicted molar refractivity (Wildman–Crippen MR) is 95.0 cm³/mol.